The number of ether oxygens (including phenoxy) is 1. The second kappa shape index (κ2) is 6.30. The molecule has 0 saturated heterocycles. The van der Waals surface area contributed by atoms with Crippen molar-refractivity contribution in [2.24, 2.45) is 0 Å². The van der Waals surface area contributed by atoms with E-state index >= 15 is 0 Å². The second-order valence-corrected chi connectivity index (χ2v) is 5.15. The van der Waals surface area contributed by atoms with Crippen molar-refractivity contribution < 1.29 is 24.9 Å². The standard InChI is InChI=1S/C11H23NO5/c1-8(9(16)17-10(2,3)4)12-11(5-13,6-14)7-15/h8,12-15H,5-7H2,1-4H3. The number of aliphatic hydroxyl groups excluding tert-OH is 3. The van der Waals surface area contributed by atoms with Crippen molar-refractivity contribution in [2.75, 3.05) is 19.8 Å². The minimum absolute atomic E-state index is 0.479. The van der Waals surface area contributed by atoms with E-state index in [0.29, 0.717) is 0 Å². The van der Waals surface area contributed by atoms with Gasteiger partial charge in [-0.05, 0) is 27.7 Å². The highest BCUT2D eigenvalue weighted by Crippen LogP contribution is 2.10. The Morgan fingerprint density at radius 1 is 1.18 bits per heavy atom. The van der Waals surface area contributed by atoms with Gasteiger partial charge >= 0.3 is 5.97 Å². The molecule has 1 atom stereocenters. The summed E-state index contributed by atoms with van der Waals surface area (Å²) >= 11 is 0. The number of carbonyl (C=O) groups is 1. The van der Waals surface area contributed by atoms with E-state index < -0.39 is 43.0 Å². The van der Waals surface area contributed by atoms with E-state index in [4.69, 9.17) is 20.1 Å². The summed E-state index contributed by atoms with van der Waals surface area (Å²) in [6.07, 6.45) is 0. The average molecular weight is 249 g/mol. The fraction of sp³-hybridized carbons (Fsp3) is 0.909. The van der Waals surface area contributed by atoms with E-state index in [1.807, 2.05) is 0 Å². The predicted molar refractivity (Wildman–Crippen MR) is 62.4 cm³/mol. The van der Waals surface area contributed by atoms with Crippen LogP contribution in [0.4, 0.5) is 0 Å². The van der Waals surface area contributed by atoms with Gasteiger partial charge in [0.2, 0.25) is 0 Å². The van der Waals surface area contributed by atoms with E-state index in [1.165, 1.54) is 0 Å². The first-order chi connectivity index (χ1) is 7.69. The minimum atomic E-state index is -1.28. The molecule has 0 bridgehead atoms. The molecule has 0 aliphatic rings. The molecule has 1 unspecified atom stereocenters. The largest absolute Gasteiger partial charge is 0.459 e. The fourth-order valence-electron chi connectivity index (χ4n) is 1.20. The van der Waals surface area contributed by atoms with Gasteiger partial charge in [0, 0.05) is 0 Å². The number of nitrogens with one attached hydrogen (secondary N) is 1. The summed E-state index contributed by atoms with van der Waals surface area (Å²) in [7, 11) is 0. The first-order valence-corrected chi connectivity index (χ1v) is 5.53. The molecule has 0 saturated carbocycles. The molecule has 0 aromatic heterocycles. The molecule has 6 nitrogen and oxygen atoms in total. The summed E-state index contributed by atoms with van der Waals surface area (Å²) in [6, 6.07) is -0.735. The lowest BCUT2D eigenvalue weighted by molar-refractivity contribution is -0.158. The van der Waals surface area contributed by atoms with Crippen molar-refractivity contribution in [1.82, 2.24) is 5.32 Å². The third-order valence-electron chi connectivity index (χ3n) is 2.19. The fourth-order valence-corrected chi connectivity index (χ4v) is 1.20. The highest BCUT2D eigenvalue weighted by Gasteiger charge is 2.33. The Balaban J connectivity index is 4.51. The molecule has 0 aromatic rings. The quantitative estimate of drug-likeness (QED) is 0.452. The Labute approximate surface area is 102 Å². The number of esters is 1. The Bertz CT molecular complexity index is 236. The van der Waals surface area contributed by atoms with Gasteiger partial charge in [0.25, 0.3) is 0 Å². The monoisotopic (exact) mass is 249 g/mol. The van der Waals surface area contributed by atoms with Crippen LogP contribution in [-0.4, -0.2) is 58.3 Å². The number of hydrogen-bond donors (Lipinski definition) is 4. The van der Waals surface area contributed by atoms with Gasteiger partial charge in [0.1, 0.15) is 11.6 Å². The molecule has 102 valence electrons. The van der Waals surface area contributed by atoms with Gasteiger partial charge in [-0.3, -0.25) is 10.1 Å². The molecule has 0 fully saturated rings. The van der Waals surface area contributed by atoms with Crippen LogP contribution in [0.3, 0.4) is 0 Å². The molecule has 0 rings (SSSR count). The van der Waals surface area contributed by atoms with Crippen LogP contribution in [0.2, 0.25) is 0 Å². The maximum atomic E-state index is 11.7. The Morgan fingerprint density at radius 3 is 1.88 bits per heavy atom. The first kappa shape index (κ1) is 16.3. The zero-order valence-electron chi connectivity index (χ0n) is 10.9. The third kappa shape index (κ3) is 5.45. The zero-order valence-corrected chi connectivity index (χ0v) is 10.9. The molecule has 4 N–H and O–H groups in total. The van der Waals surface area contributed by atoms with Gasteiger partial charge in [-0.15, -0.1) is 0 Å². The van der Waals surface area contributed by atoms with Crippen LogP contribution < -0.4 is 5.32 Å². The molecule has 6 heteroatoms. The second-order valence-electron chi connectivity index (χ2n) is 5.15. The molecular formula is C11H23NO5. The van der Waals surface area contributed by atoms with Crippen LogP contribution >= 0.6 is 0 Å². The molecule has 0 aliphatic carbocycles. The molecular weight excluding hydrogens is 226 g/mol. The maximum absolute atomic E-state index is 11.7. The minimum Gasteiger partial charge on any atom is -0.459 e. The Kier molecular flexibility index (Phi) is 6.04. The lowest BCUT2D eigenvalue weighted by Gasteiger charge is -2.32. The van der Waals surface area contributed by atoms with Crippen LogP contribution in [0.1, 0.15) is 27.7 Å². The van der Waals surface area contributed by atoms with Gasteiger partial charge in [0.15, 0.2) is 0 Å². The van der Waals surface area contributed by atoms with Gasteiger partial charge in [0.05, 0.1) is 25.4 Å². The SMILES string of the molecule is CC(NC(CO)(CO)CO)C(=O)OC(C)(C)C. The lowest BCUT2D eigenvalue weighted by atomic mass is 10.0. The van der Waals surface area contributed by atoms with E-state index in [9.17, 15) is 4.79 Å². The topological polar surface area (TPSA) is 99.0 Å². The number of rotatable bonds is 6. The molecule has 0 spiro atoms. The molecule has 0 aromatic carbocycles. The molecule has 0 amide bonds. The van der Waals surface area contributed by atoms with Crippen LogP contribution in [0, 0.1) is 0 Å². The zero-order chi connectivity index (χ0) is 13.7. The molecule has 0 aliphatic heterocycles. The third-order valence-corrected chi connectivity index (χ3v) is 2.19. The van der Waals surface area contributed by atoms with E-state index in [-0.39, 0.29) is 0 Å². The number of hydrogen-bond acceptors (Lipinski definition) is 6. The summed E-state index contributed by atoms with van der Waals surface area (Å²) in [6.45, 7) is 5.34. The summed E-state index contributed by atoms with van der Waals surface area (Å²) in [5, 5.41) is 30.0. The van der Waals surface area contributed by atoms with Crippen molar-refractivity contribution in [3.8, 4) is 0 Å². The van der Waals surface area contributed by atoms with Gasteiger partial charge < -0.3 is 20.1 Å². The van der Waals surface area contributed by atoms with Crippen molar-refractivity contribution in [1.29, 1.82) is 0 Å². The van der Waals surface area contributed by atoms with Gasteiger partial charge in [-0.25, -0.2) is 0 Å². The smallest absolute Gasteiger partial charge is 0.323 e. The number of aliphatic hydroxyl groups is 3. The molecule has 0 heterocycles. The average Bonchev–Trinajstić information content (AvgIpc) is 2.23. The van der Waals surface area contributed by atoms with Crippen LogP contribution in [0.5, 0.6) is 0 Å². The van der Waals surface area contributed by atoms with Crippen molar-refractivity contribution in [3.63, 3.8) is 0 Å². The Hall–Kier alpha value is -0.690. The summed E-state index contributed by atoms with van der Waals surface area (Å²) in [5.74, 6) is -0.503. The van der Waals surface area contributed by atoms with E-state index in [2.05, 4.69) is 5.32 Å². The van der Waals surface area contributed by atoms with Crippen molar-refractivity contribution in [3.05, 3.63) is 0 Å². The first-order valence-electron chi connectivity index (χ1n) is 5.53. The summed E-state index contributed by atoms with van der Waals surface area (Å²) in [4.78, 5) is 11.7. The van der Waals surface area contributed by atoms with Crippen molar-refractivity contribution >= 4 is 5.97 Å². The Morgan fingerprint density at radius 2 is 1.59 bits per heavy atom. The van der Waals surface area contributed by atoms with Gasteiger partial charge in [-0.1, -0.05) is 0 Å². The normalized spacial score (nSPS) is 14.5. The summed E-state index contributed by atoms with van der Waals surface area (Å²) in [5.41, 5.74) is -1.89. The van der Waals surface area contributed by atoms with Crippen LogP contribution in [-0.2, 0) is 9.53 Å². The maximum Gasteiger partial charge on any atom is 0.323 e. The number of carbonyl (C=O) groups excluding carboxylic acids is 1. The van der Waals surface area contributed by atoms with E-state index in [1.54, 1.807) is 27.7 Å². The van der Waals surface area contributed by atoms with Crippen molar-refractivity contribution in [2.45, 2.75) is 44.9 Å². The highest BCUT2D eigenvalue weighted by molar-refractivity contribution is 5.75. The summed E-state index contributed by atoms with van der Waals surface area (Å²) < 4.78 is 5.13. The highest BCUT2D eigenvalue weighted by atomic mass is 16.6. The van der Waals surface area contributed by atoms with Crippen LogP contribution in [0.25, 0.3) is 0 Å². The predicted octanol–water partition coefficient (Wildman–Crippen LogP) is -0.978. The molecule has 0 radical (unpaired) electrons. The van der Waals surface area contributed by atoms with Crippen LogP contribution in [0.15, 0.2) is 0 Å². The molecule has 17 heavy (non-hydrogen) atoms. The van der Waals surface area contributed by atoms with E-state index in [0.717, 1.165) is 0 Å². The lowest BCUT2D eigenvalue weighted by Crippen LogP contribution is -2.60. The van der Waals surface area contributed by atoms with Gasteiger partial charge in [-0.2, -0.15) is 0 Å².